The number of nitrogens with zero attached hydrogens (tertiary/aromatic N) is 8. The number of hydrogen-bond donors (Lipinski definition) is 1. The smallest absolute Gasteiger partial charge is 0.263 e. The molecule has 4 aromatic rings. The predicted molar refractivity (Wildman–Crippen MR) is 156 cm³/mol. The molecule has 1 aliphatic carbocycles. The van der Waals surface area contributed by atoms with E-state index in [4.69, 9.17) is 9.97 Å². The van der Waals surface area contributed by atoms with Gasteiger partial charge in [0.15, 0.2) is 0 Å². The normalized spacial score (nSPS) is 21.5. The maximum atomic E-state index is 13.8. The Kier molecular flexibility index (Phi) is 5.81. The molecule has 1 N–H and O–H groups in total. The number of aromatic nitrogens is 5. The summed E-state index contributed by atoms with van der Waals surface area (Å²) in [5.74, 6) is 1.35. The average molecular weight is 560 g/mol. The molecule has 0 radical (unpaired) electrons. The number of halogens is 2. The lowest BCUT2D eigenvalue weighted by Crippen LogP contribution is -2.55. The number of rotatable bonds is 6. The molecule has 8 rings (SSSR count). The Labute approximate surface area is 237 Å². The Bertz CT molecular complexity index is 1600. The number of alkyl halides is 2. The van der Waals surface area contributed by atoms with Crippen LogP contribution in [-0.4, -0.2) is 81.8 Å². The minimum Gasteiger partial charge on any atom is -0.369 e. The molecule has 0 unspecified atom stereocenters. The molecule has 0 amide bonds. The van der Waals surface area contributed by atoms with Gasteiger partial charge in [-0.05, 0) is 57.4 Å². The molecule has 4 fully saturated rings. The molecular weight excluding hydrogens is 524 g/mol. The highest BCUT2D eigenvalue weighted by molar-refractivity contribution is 5.92. The van der Waals surface area contributed by atoms with E-state index in [1.54, 1.807) is 12.3 Å². The Morgan fingerprint density at radius 3 is 2.49 bits per heavy atom. The number of likely N-dealkylation sites (tertiary alicyclic amines) is 1. The summed E-state index contributed by atoms with van der Waals surface area (Å²) < 4.78 is 29.9. The van der Waals surface area contributed by atoms with E-state index in [1.165, 1.54) is 18.9 Å². The molecule has 0 atom stereocenters. The standard InChI is InChI=1S/C30H35F2N9/c1-38-16-30(17-38)7-11-40(18-30)24-13-20(26(31)32)12-21-15-33-28(36-25(21)24)35-22-5-8-39(9-6-22)29-34-14-19-4-10-41(23-2-3-23)27(19)37-29/h4,10,12-15,22-23,26H,2-3,5-9,11,16-18H2,1H3,(H,33,35,36). The van der Waals surface area contributed by atoms with Gasteiger partial charge in [0.2, 0.25) is 11.9 Å². The molecule has 11 heteroatoms. The number of fused-ring (bicyclic) bond motifs is 2. The zero-order valence-electron chi connectivity index (χ0n) is 23.3. The van der Waals surface area contributed by atoms with Crippen LogP contribution in [0.3, 0.4) is 0 Å². The van der Waals surface area contributed by atoms with Crippen LogP contribution < -0.4 is 15.1 Å². The van der Waals surface area contributed by atoms with Crippen molar-refractivity contribution in [2.75, 3.05) is 61.4 Å². The first-order valence-electron chi connectivity index (χ1n) is 14.8. The summed E-state index contributed by atoms with van der Waals surface area (Å²) in [4.78, 5) is 25.9. The minimum absolute atomic E-state index is 0.0284. The fourth-order valence-corrected chi connectivity index (χ4v) is 7.22. The molecule has 6 heterocycles. The van der Waals surface area contributed by atoms with Crippen LogP contribution in [0.15, 0.2) is 36.8 Å². The highest BCUT2D eigenvalue weighted by atomic mass is 19.3. The molecule has 9 nitrogen and oxygen atoms in total. The van der Waals surface area contributed by atoms with Gasteiger partial charge < -0.3 is 24.6 Å². The van der Waals surface area contributed by atoms with E-state index in [1.807, 2.05) is 6.20 Å². The Balaban J connectivity index is 0.993. The molecule has 1 saturated carbocycles. The molecule has 4 aliphatic rings. The second-order valence-electron chi connectivity index (χ2n) is 12.6. The van der Waals surface area contributed by atoms with E-state index >= 15 is 0 Å². The van der Waals surface area contributed by atoms with Crippen molar-refractivity contribution in [1.82, 2.24) is 29.4 Å². The number of piperidine rings is 1. The summed E-state index contributed by atoms with van der Waals surface area (Å²) in [5, 5.41) is 5.29. The fourth-order valence-electron chi connectivity index (χ4n) is 7.22. The second kappa shape index (κ2) is 9.47. The zero-order chi connectivity index (χ0) is 27.7. The first kappa shape index (κ1) is 25.1. The highest BCUT2D eigenvalue weighted by Crippen LogP contribution is 2.43. The SMILES string of the molecule is CN1CC2(CCN(c3cc(C(F)F)cc4cnc(NC5CCN(c6ncc7ccn(C8CC8)c7n6)CC5)nc34)C2)C1. The van der Waals surface area contributed by atoms with Crippen molar-refractivity contribution >= 4 is 39.5 Å². The molecular formula is C30H35F2N9. The molecule has 3 aromatic heterocycles. The molecule has 1 spiro atoms. The summed E-state index contributed by atoms with van der Waals surface area (Å²) in [6.07, 6.45) is 8.57. The van der Waals surface area contributed by atoms with Gasteiger partial charge >= 0.3 is 0 Å². The average Bonchev–Trinajstić information content (AvgIpc) is 3.57. The van der Waals surface area contributed by atoms with Crippen molar-refractivity contribution in [1.29, 1.82) is 0 Å². The first-order valence-corrected chi connectivity index (χ1v) is 14.8. The van der Waals surface area contributed by atoms with Gasteiger partial charge in [-0.25, -0.2) is 23.7 Å². The van der Waals surface area contributed by atoms with Crippen LogP contribution in [0.1, 0.15) is 50.1 Å². The van der Waals surface area contributed by atoms with E-state index in [0.29, 0.717) is 17.4 Å². The van der Waals surface area contributed by atoms with Gasteiger partial charge in [-0.1, -0.05) is 0 Å². The first-order chi connectivity index (χ1) is 19.9. The lowest BCUT2D eigenvalue weighted by molar-refractivity contribution is 0.0424. The maximum absolute atomic E-state index is 13.8. The van der Waals surface area contributed by atoms with Crippen molar-refractivity contribution in [2.24, 2.45) is 5.41 Å². The molecule has 3 saturated heterocycles. The van der Waals surface area contributed by atoms with Crippen molar-refractivity contribution in [2.45, 2.75) is 50.6 Å². The van der Waals surface area contributed by atoms with Crippen LogP contribution in [0.5, 0.6) is 0 Å². The summed E-state index contributed by atoms with van der Waals surface area (Å²) in [6, 6.07) is 6.07. The summed E-state index contributed by atoms with van der Waals surface area (Å²) >= 11 is 0. The molecule has 1 aromatic carbocycles. The van der Waals surface area contributed by atoms with Gasteiger partial charge in [-0.2, -0.15) is 4.98 Å². The lowest BCUT2D eigenvalue weighted by atomic mass is 9.79. The monoisotopic (exact) mass is 559 g/mol. The van der Waals surface area contributed by atoms with Crippen molar-refractivity contribution in [3.63, 3.8) is 0 Å². The van der Waals surface area contributed by atoms with Crippen molar-refractivity contribution in [3.05, 3.63) is 42.4 Å². The van der Waals surface area contributed by atoms with Crippen molar-refractivity contribution < 1.29 is 8.78 Å². The van der Waals surface area contributed by atoms with Crippen molar-refractivity contribution in [3.8, 4) is 0 Å². The fraction of sp³-hybridized carbons (Fsp3) is 0.533. The van der Waals surface area contributed by atoms with E-state index < -0.39 is 6.43 Å². The van der Waals surface area contributed by atoms with Gasteiger partial charge in [-0.3, -0.25) is 0 Å². The van der Waals surface area contributed by atoms with Gasteiger partial charge in [0.05, 0.1) is 11.2 Å². The molecule has 214 valence electrons. The highest BCUT2D eigenvalue weighted by Gasteiger charge is 2.46. The van der Waals surface area contributed by atoms with E-state index in [9.17, 15) is 8.78 Å². The van der Waals surface area contributed by atoms with Crippen LogP contribution in [-0.2, 0) is 0 Å². The Hall–Kier alpha value is -3.60. The summed E-state index contributed by atoms with van der Waals surface area (Å²) in [7, 11) is 2.13. The van der Waals surface area contributed by atoms with Gasteiger partial charge in [0, 0.05) is 91.7 Å². The third-order valence-electron chi connectivity index (χ3n) is 9.42. The van der Waals surface area contributed by atoms with Gasteiger partial charge in [-0.15, -0.1) is 0 Å². The zero-order valence-corrected chi connectivity index (χ0v) is 23.3. The summed E-state index contributed by atoms with van der Waals surface area (Å²) in [6.45, 7) is 5.54. The number of nitrogens with one attached hydrogen (secondary N) is 1. The van der Waals surface area contributed by atoms with E-state index in [2.05, 4.69) is 53.9 Å². The topological polar surface area (TPSA) is 78.2 Å². The number of anilines is 3. The van der Waals surface area contributed by atoms with Crippen LogP contribution >= 0.6 is 0 Å². The molecule has 3 aliphatic heterocycles. The van der Waals surface area contributed by atoms with Crippen LogP contribution in [0, 0.1) is 5.41 Å². The molecule has 41 heavy (non-hydrogen) atoms. The molecule has 0 bridgehead atoms. The number of hydrogen-bond acceptors (Lipinski definition) is 8. The third kappa shape index (κ3) is 4.54. The largest absolute Gasteiger partial charge is 0.369 e. The van der Waals surface area contributed by atoms with E-state index in [0.717, 1.165) is 86.7 Å². The lowest BCUT2D eigenvalue weighted by Gasteiger charge is -2.46. The second-order valence-corrected chi connectivity index (χ2v) is 12.6. The number of benzene rings is 1. The van der Waals surface area contributed by atoms with Crippen LogP contribution in [0.4, 0.5) is 26.4 Å². The summed E-state index contributed by atoms with van der Waals surface area (Å²) in [5.41, 5.74) is 2.86. The minimum atomic E-state index is -2.53. The van der Waals surface area contributed by atoms with Crippen LogP contribution in [0.2, 0.25) is 0 Å². The quantitative estimate of drug-likeness (QED) is 0.359. The Morgan fingerprint density at radius 2 is 1.73 bits per heavy atom. The third-order valence-corrected chi connectivity index (χ3v) is 9.42. The predicted octanol–water partition coefficient (Wildman–Crippen LogP) is 4.87. The van der Waals surface area contributed by atoms with E-state index in [-0.39, 0.29) is 17.0 Å². The van der Waals surface area contributed by atoms with Gasteiger partial charge in [0.25, 0.3) is 6.43 Å². The van der Waals surface area contributed by atoms with Crippen LogP contribution in [0.25, 0.3) is 21.9 Å². The maximum Gasteiger partial charge on any atom is 0.263 e. The van der Waals surface area contributed by atoms with Gasteiger partial charge in [0.1, 0.15) is 5.65 Å². The Morgan fingerprint density at radius 1 is 0.927 bits per heavy atom.